The van der Waals surface area contributed by atoms with E-state index in [0.717, 1.165) is 25.7 Å². The molecule has 0 unspecified atom stereocenters. The van der Waals surface area contributed by atoms with E-state index in [9.17, 15) is 9.59 Å². The summed E-state index contributed by atoms with van der Waals surface area (Å²) < 4.78 is 4.51. The number of carbonyl (C=O) groups is 2. The number of carbonyl (C=O) groups excluding carboxylic acids is 2. The Labute approximate surface area is 97.7 Å². The lowest BCUT2D eigenvalue weighted by molar-refractivity contribution is -0.121. The molecule has 0 saturated heterocycles. The highest BCUT2D eigenvalue weighted by molar-refractivity contribution is 5.78. The Balaban J connectivity index is 0.00000106. The molecule has 94 valence electrons. The van der Waals surface area contributed by atoms with Crippen LogP contribution in [0.1, 0.15) is 46.5 Å². The number of rotatable bonds is 2. The molecule has 4 nitrogen and oxygen atoms in total. The molecule has 0 atom stereocenters. The largest absolute Gasteiger partial charge is 0.453 e. The lowest BCUT2D eigenvalue weighted by Gasteiger charge is -2.27. The van der Waals surface area contributed by atoms with E-state index in [0.29, 0.717) is 0 Å². The number of amides is 1. The van der Waals surface area contributed by atoms with Crippen LogP contribution in [-0.4, -0.2) is 25.0 Å². The minimum atomic E-state index is -0.378. The van der Waals surface area contributed by atoms with Crippen molar-refractivity contribution in [3.63, 3.8) is 0 Å². The average Bonchev–Trinajstić information content (AvgIpc) is 2.32. The minimum Gasteiger partial charge on any atom is -0.453 e. The SMILES string of the molecule is CC.COC(=O)NC1CCC(C(C)=O)CC1. The second-order valence-electron chi connectivity index (χ2n) is 3.80. The molecule has 0 radical (unpaired) electrons. The third-order valence-electron chi connectivity index (χ3n) is 2.81. The van der Waals surface area contributed by atoms with Gasteiger partial charge in [-0.2, -0.15) is 0 Å². The molecule has 1 aliphatic rings. The van der Waals surface area contributed by atoms with Crippen LogP contribution in [0.5, 0.6) is 0 Å². The van der Waals surface area contributed by atoms with Gasteiger partial charge >= 0.3 is 6.09 Å². The molecule has 1 N–H and O–H groups in total. The molecule has 0 heterocycles. The summed E-state index contributed by atoms with van der Waals surface area (Å²) >= 11 is 0. The number of ether oxygens (including phenoxy) is 1. The van der Waals surface area contributed by atoms with Gasteiger partial charge in [0.15, 0.2) is 0 Å². The fourth-order valence-corrected chi connectivity index (χ4v) is 1.87. The topological polar surface area (TPSA) is 55.4 Å². The van der Waals surface area contributed by atoms with Gasteiger partial charge in [0.05, 0.1) is 7.11 Å². The highest BCUT2D eigenvalue weighted by atomic mass is 16.5. The number of hydrogen-bond acceptors (Lipinski definition) is 3. The lowest BCUT2D eigenvalue weighted by atomic mass is 9.84. The zero-order valence-corrected chi connectivity index (χ0v) is 10.7. The highest BCUT2D eigenvalue weighted by Crippen LogP contribution is 2.24. The standard InChI is InChI=1S/C10H17NO3.C2H6/c1-7(12)8-3-5-9(6-4-8)11-10(13)14-2;1-2/h8-9H,3-6H2,1-2H3,(H,11,13);1-2H3. The highest BCUT2D eigenvalue weighted by Gasteiger charge is 2.24. The Kier molecular flexibility index (Phi) is 7.60. The second kappa shape index (κ2) is 8.13. The maximum Gasteiger partial charge on any atom is 0.407 e. The van der Waals surface area contributed by atoms with Gasteiger partial charge < -0.3 is 10.1 Å². The summed E-state index contributed by atoms with van der Waals surface area (Å²) in [5.74, 6) is 0.465. The van der Waals surface area contributed by atoms with Crippen molar-refractivity contribution < 1.29 is 14.3 Å². The molecule has 16 heavy (non-hydrogen) atoms. The fourth-order valence-electron chi connectivity index (χ4n) is 1.87. The van der Waals surface area contributed by atoms with Crippen LogP contribution < -0.4 is 5.32 Å². The summed E-state index contributed by atoms with van der Waals surface area (Å²) in [5.41, 5.74) is 0. The summed E-state index contributed by atoms with van der Waals surface area (Å²) in [6.45, 7) is 5.64. The predicted molar refractivity (Wildman–Crippen MR) is 63.3 cm³/mol. The van der Waals surface area contributed by atoms with Gasteiger partial charge in [-0.3, -0.25) is 4.79 Å². The average molecular weight is 229 g/mol. The summed E-state index contributed by atoms with van der Waals surface area (Å²) in [6, 6.07) is 0.179. The zero-order chi connectivity index (χ0) is 12.6. The van der Waals surface area contributed by atoms with Crippen LogP contribution in [0, 0.1) is 5.92 Å². The first-order valence-corrected chi connectivity index (χ1v) is 5.98. The smallest absolute Gasteiger partial charge is 0.407 e. The van der Waals surface area contributed by atoms with Crippen LogP contribution in [0.2, 0.25) is 0 Å². The molecule has 1 aliphatic carbocycles. The minimum absolute atomic E-state index is 0.179. The van der Waals surface area contributed by atoms with Crippen molar-refractivity contribution in [3.8, 4) is 0 Å². The molecule has 1 saturated carbocycles. The van der Waals surface area contributed by atoms with Gasteiger partial charge in [-0.05, 0) is 32.6 Å². The monoisotopic (exact) mass is 229 g/mol. The number of hydrogen-bond donors (Lipinski definition) is 1. The van der Waals surface area contributed by atoms with Gasteiger partial charge in [-0.1, -0.05) is 13.8 Å². The summed E-state index contributed by atoms with van der Waals surface area (Å²) in [5, 5.41) is 2.76. The predicted octanol–water partition coefficient (Wildman–Crippen LogP) is 2.52. The molecular weight excluding hydrogens is 206 g/mol. The molecular formula is C12H23NO3. The van der Waals surface area contributed by atoms with E-state index < -0.39 is 0 Å². The molecule has 0 aromatic heterocycles. The van der Waals surface area contributed by atoms with Crippen molar-refractivity contribution >= 4 is 11.9 Å². The van der Waals surface area contributed by atoms with Gasteiger partial charge in [-0.25, -0.2) is 4.79 Å². The Morgan fingerprint density at radius 2 is 1.62 bits per heavy atom. The van der Waals surface area contributed by atoms with Gasteiger partial charge in [0.2, 0.25) is 0 Å². The first-order chi connectivity index (χ1) is 7.63. The zero-order valence-electron chi connectivity index (χ0n) is 10.7. The van der Waals surface area contributed by atoms with Crippen LogP contribution in [0.25, 0.3) is 0 Å². The summed E-state index contributed by atoms with van der Waals surface area (Å²) in [6.07, 6.45) is 3.13. The van der Waals surface area contributed by atoms with Crippen molar-refractivity contribution in [2.45, 2.75) is 52.5 Å². The van der Waals surface area contributed by atoms with E-state index in [1.807, 2.05) is 13.8 Å². The quantitative estimate of drug-likeness (QED) is 0.791. The van der Waals surface area contributed by atoms with Crippen molar-refractivity contribution in [1.29, 1.82) is 0 Å². The summed E-state index contributed by atoms with van der Waals surface area (Å²) in [4.78, 5) is 22.0. The van der Waals surface area contributed by atoms with Gasteiger partial charge in [0.25, 0.3) is 0 Å². The van der Waals surface area contributed by atoms with Crippen LogP contribution in [0.4, 0.5) is 4.79 Å². The molecule has 0 aromatic carbocycles. The van der Waals surface area contributed by atoms with E-state index in [-0.39, 0.29) is 23.8 Å². The van der Waals surface area contributed by atoms with Crippen LogP contribution >= 0.6 is 0 Å². The number of nitrogens with one attached hydrogen (secondary N) is 1. The Morgan fingerprint density at radius 1 is 1.12 bits per heavy atom. The molecule has 0 spiro atoms. The first kappa shape index (κ1) is 14.9. The van der Waals surface area contributed by atoms with Gasteiger partial charge in [0, 0.05) is 12.0 Å². The van der Waals surface area contributed by atoms with Gasteiger partial charge in [0.1, 0.15) is 5.78 Å². The second-order valence-corrected chi connectivity index (χ2v) is 3.80. The molecule has 1 amide bonds. The number of Topliss-reactive ketones (excluding diaryl/α,β-unsaturated/α-hetero) is 1. The van der Waals surface area contributed by atoms with Crippen LogP contribution in [-0.2, 0) is 9.53 Å². The normalized spacial score (nSPS) is 23.8. The van der Waals surface area contributed by atoms with Crippen molar-refractivity contribution in [2.75, 3.05) is 7.11 Å². The van der Waals surface area contributed by atoms with Gasteiger partial charge in [-0.15, -0.1) is 0 Å². The van der Waals surface area contributed by atoms with E-state index in [1.54, 1.807) is 6.92 Å². The molecule has 4 heteroatoms. The number of ketones is 1. The first-order valence-electron chi connectivity index (χ1n) is 5.98. The van der Waals surface area contributed by atoms with Crippen LogP contribution in [0.15, 0.2) is 0 Å². The van der Waals surface area contributed by atoms with E-state index >= 15 is 0 Å². The Bertz CT molecular complexity index is 220. The molecule has 1 fully saturated rings. The van der Waals surface area contributed by atoms with Crippen molar-refractivity contribution in [3.05, 3.63) is 0 Å². The van der Waals surface area contributed by atoms with E-state index in [1.165, 1.54) is 7.11 Å². The maximum absolute atomic E-state index is 11.1. The Morgan fingerprint density at radius 3 is 2.00 bits per heavy atom. The third kappa shape index (κ3) is 5.14. The fraction of sp³-hybridized carbons (Fsp3) is 0.833. The van der Waals surface area contributed by atoms with Crippen LogP contribution in [0.3, 0.4) is 0 Å². The van der Waals surface area contributed by atoms with Crippen molar-refractivity contribution in [1.82, 2.24) is 5.32 Å². The molecule has 1 rings (SSSR count). The lowest BCUT2D eigenvalue weighted by Crippen LogP contribution is -2.38. The molecule has 0 aliphatic heterocycles. The summed E-state index contributed by atoms with van der Waals surface area (Å²) in [7, 11) is 1.36. The van der Waals surface area contributed by atoms with E-state index in [4.69, 9.17) is 0 Å². The Hall–Kier alpha value is -1.06. The number of methoxy groups -OCH3 is 1. The molecule has 0 bridgehead atoms. The van der Waals surface area contributed by atoms with E-state index in [2.05, 4.69) is 10.1 Å². The third-order valence-corrected chi connectivity index (χ3v) is 2.81. The molecule has 0 aromatic rings. The van der Waals surface area contributed by atoms with Crippen molar-refractivity contribution in [2.24, 2.45) is 5.92 Å². The number of alkyl carbamates (subject to hydrolysis) is 1. The maximum atomic E-state index is 11.1.